The van der Waals surface area contributed by atoms with Crippen LogP contribution < -0.4 is 4.72 Å². The lowest BCUT2D eigenvalue weighted by Gasteiger charge is -2.45. The number of fused-ring (bicyclic) bond motifs is 3. The summed E-state index contributed by atoms with van der Waals surface area (Å²) in [6.07, 6.45) is 8.90. The van der Waals surface area contributed by atoms with Gasteiger partial charge in [0.1, 0.15) is 5.82 Å². The summed E-state index contributed by atoms with van der Waals surface area (Å²) in [6.45, 7) is 4.59. The Labute approximate surface area is 266 Å². The standard InChI is InChI=1S/C36H43N5O3S/c1-26-37-33-13-6-7-14-34(33)41(26)32-24-30-15-16-31(25-32)40(30)22-19-36(28-10-4-3-5-11-28)17-20-39(21-18-36)35(42)27-9-8-12-29(23-27)38-45(2,43)44/h3-14,23,30-32,38H,15-22,24-25H2,1-2H3/t30-,31+,32?. The second-order valence-electron chi connectivity index (χ2n) is 13.4. The number of likely N-dealkylation sites (tertiary alicyclic amines) is 1. The van der Waals surface area contributed by atoms with Gasteiger partial charge in [0.15, 0.2) is 0 Å². The first-order valence-corrected chi connectivity index (χ1v) is 18.2. The molecule has 1 aromatic heterocycles. The maximum absolute atomic E-state index is 13.5. The maximum atomic E-state index is 13.5. The van der Waals surface area contributed by atoms with Crippen molar-refractivity contribution < 1.29 is 13.2 Å². The van der Waals surface area contributed by atoms with Crippen molar-refractivity contribution >= 4 is 32.7 Å². The van der Waals surface area contributed by atoms with Crippen molar-refractivity contribution in [3.05, 3.63) is 95.8 Å². The molecule has 9 heteroatoms. The SMILES string of the molecule is Cc1nc2ccccc2n1C1C[C@H]2CC[C@@H](C1)N2CCC1(c2ccccc2)CCN(C(=O)c2cccc(NS(C)(=O)=O)c2)CC1. The third-order valence-corrected chi connectivity index (χ3v) is 11.3. The monoisotopic (exact) mass is 625 g/mol. The quantitative estimate of drug-likeness (QED) is 0.254. The first kappa shape index (κ1) is 30.0. The zero-order valence-corrected chi connectivity index (χ0v) is 27.0. The molecule has 3 aliphatic heterocycles. The largest absolute Gasteiger partial charge is 0.339 e. The van der Waals surface area contributed by atoms with Gasteiger partial charge < -0.3 is 9.47 Å². The minimum Gasteiger partial charge on any atom is -0.339 e. The molecule has 0 spiro atoms. The molecule has 45 heavy (non-hydrogen) atoms. The van der Waals surface area contributed by atoms with Crippen LogP contribution in [0.1, 0.15) is 72.7 Å². The Morgan fingerprint density at radius 3 is 2.31 bits per heavy atom. The van der Waals surface area contributed by atoms with Gasteiger partial charge in [-0.05, 0) is 99.7 Å². The molecule has 3 aliphatic rings. The number of carbonyl (C=O) groups is 1. The molecule has 0 saturated carbocycles. The van der Waals surface area contributed by atoms with E-state index in [0.29, 0.717) is 42.5 Å². The van der Waals surface area contributed by atoms with E-state index in [1.54, 1.807) is 24.3 Å². The van der Waals surface area contributed by atoms with Gasteiger partial charge in [-0.15, -0.1) is 0 Å². The number of amides is 1. The van der Waals surface area contributed by atoms with Crippen molar-refractivity contribution in [3.8, 4) is 0 Å². The number of nitrogens with one attached hydrogen (secondary N) is 1. The van der Waals surface area contributed by atoms with Crippen LogP contribution in [0.15, 0.2) is 78.9 Å². The Bertz CT molecular complexity index is 1780. The van der Waals surface area contributed by atoms with Crippen LogP contribution in [0.5, 0.6) is 0 Å². The van der Waals surface area contributed by atoms with Crippen LogP contribution >= 0.6 is 0 Å². The number of hydrogen-bond donors (Lipinski definition) is 1. The molecule has 2 bridgehead atoms. The number of rotatable bonds is 8. The highest BCUT2D eigenvalue weighted by Gasteiger charge is 2.44. The number of para-hydroxylation sites is 2. The molecule has 0 radical (unpaired) electrons. The number of anilines is 1. The number of benzene rings is 3. The van der Waals surface area contributed by atoms with Gasteiger partial charge in [-0.2, -0.15) is 0 Å². The smallest absolute Gasteiger partial charge is 0.253 e. The molecule has 1 unspecified atom stereocenters. The summed E-state index contributed by atoms with van der Waals surface area (Å²) in [5.41, 5.74) is 4.67. The number of nitrogens with zero attached hydrogens (tertiary/aromatic N) is 4. The zero-order chi connectivity index (χ0) is 31.2. The highest BCUT2D eigenvalue weighted by molar-refractivity contribution is 7.92. The second-order valence-corrected chi connectivity index (χ2v) is 15.2. The van der Waals surface area contributed by atoms with Crippen molar-refractivity contribution in [2.45, 2.75) is 75.4 Å². The summed E-state index contributed by atoms with van der Waals surface area (Å²) in [4.78, 5) is 23.2. The number of aromatic nitrogens is 2. The van der Waals surface area contributed by atoms with Crippen LogP contribution in [-0.2, 0) is 15.4 Å². The third kappa shape index (κ3) is 6.00. The Morgan fingerprint density at radius 2 is 1.60 bits per heavy atom. The number of sulfonamides is 1. The van der Waals surface area contributed by atoms with Gasteiger partial charge >= 0.3 is 0 Å². The minimum absolute atomic E-state index is 0.0190. The molecular weight excluding hydrogens is 582 g/mol. The summed E-state index contributed by atoms with van der Waals surface area (Å²) >= 11 is 0. The van der Waals surface area contributed by atoms with Crippen molar-refractivity contribution in [3.63, 3.8) is 0 Å². The average molecular weight is 626 g/mol. The zero-order valence-electron chi connectivity index (χ0n) is 26.2. The van der Waals surface area contributed by atoms with E-state index in [2.05, 4.69) is 75.7 Å². The Kier molecular flexibility index (Phi) is 7.94. The van der Waals surface area contributed by atoms with Crippen molar-refractivity contribution in [2.75, 3.05) is 30.6 Å². The third-order valence-electron chi connectivity index (χ3n) is 10.7. The molecule has 4 heterocycles. The highest BCUT2D eigenvalue weighted by atomic mass is 32.2. The fraction of sp³-hybridized carbons (Fsp3) is 0.444. The first-order valence-electron chi connectivity index (χ1n) is 16.3. The van der Waals surface area contributed by atoms with E-state index in [9.17, 15) is 13.2 Å². The topological polar surface area (TPSA) is 87.5 Å². The molecule has 0 aliphatic carbocycles. The van der Waals surface area contributed by atoms with E-state index in [0.717, 1.165) is 43.4 Å². The highest BCUT2D eigenvalue weighted by Crippen LogP contribution is 2.45. The van der Waals surface area contributed by atoms with Crippen molar-refractivity contribution in [2.24, 2.45) is 0 Å². The normalized spacial score (nSPS) is 23.3. The summed E-state index contributed by atoms with van der Waals surface area (Å²) in [5.74, 6) is 1.08. The maximum Gasteiger partial charge on any atom is 0.253 e. The molecule has 3 saturated heterocycles. The second kappa shape index (κ2) is 11.9. The van der Waals surface area contributed by atoms with Gasteiger partial charge in [-0.3, -0.25) is 14.4 Å². The number of aryl methyl sites for hydroxylation is 1. The summed E-state index contributed by atoms with van der Waals surface area (Å²) < 4.78 is 28.4. The molecule has 236 valence electrons. The Hall–Kier alpha value is -3.69. The number of hydrogen-bond acceptors (Lipinski definition) is 5. The van der Waals surface area contributed by atoms with E-state index in [1.165, 1.54) is 36.8 Å². The lowest BCUT2D eigenvalue weighted by molar-refractivity contribution is 0.0607. The van der Waals surface area contributed by atoms with Crippen molar-refractivity contribution in [1.82, 2.24) is 19.4 Å². The van der Waals surface area contributed by atoms with Crippen LogP contribution in [0.2, 0.25) is 0 Å². The van der Waals surface area contributed by atoms with E-state index in [1.807, 2.05) is 4.90 Å². The van der Waals surface area contributed by atoms with Crippen molar-refractivity contribution in [1.29, 1.82) is 0 Å². The number of imidazole rings is 1. The van der Waals surface area contributed by atoms with Gasteiger partial charge in [-0.25, -0.2) is 13.4 Å². The van der Waals surface area contributed by atoms with Gasteiger partial charge in [0.05, 0.1) is 17.3 Å². The molecule has 8 nitrogen and oxygen atoms in total. The molecule has 7 rings (SSSR count). The predicted molar refractivity (Wildman–Crippen MR) is 179 cm³/mol. The molecule has 1 N–H and O–H groups in total. The molecule has 3 atom stereocenters. The van der Waals surface area contributed by atoms with Crippen LogP contribution in [0.3, 0.4) is 0 Å². The minimum atomic E-state index is -3.42. The Morgan fingerprint density at radius 1 is 0.911 bits per heavy atom. The van der Waals surface area contributed by atoms with Crippen LogP contribution in [0.4, 0.5) is 5.69 Å². The first-order chi connectivity index (χ1) is 21.7. The van der Waals surface area contributed by atoms with E-state index < -0.39 is 10.0 Å². The van der Waals surface area contributed by atoms with Crippen LogP contribution in [-0.4, -0.2) is 71.6 Å². The molecular formula is C36H43N5O3S. The predicted octanol–water partition coefficient (Wildman–Crippen LogP) is 6.15. The summed E-state index contributed by atoms with van der Waals surface area (Å²) in [7, 11) is -3.42. The Balaban J connectivity index is 1.05. The number of carbonyl (C=O) groups excluding carboxylic acids is 1. The lowest BCUT2D eigenvalue weighted by atomic mass is 9.70. The van der Waals surface area contributed by atoms with Gasteiger partial charge in [0.25, 0.3) is 5.91 Å². The number of piperidine rings is 2. The molecule has 3 aromatic carbocycles. The molecule has 3 fully saturated rings. The molecule has 4 aromatic rings. The van der Waals surface area contributed by atoms with Gasteiger partial charge in [0, 0.05) is 42.5 Å². The van der Waals surface area contributed by atoms with Gasteiger partial charge in [0.2, 0.25) is 10.0 Å². The van der Waals surface area contributed by atoms with Gasteiger partial charge in [-0.1, -0.05) is 48.5 Å². The van der Waals surface area contributed by atoms with E-state index in [-0.39, 0.29) is 11.3 Å². The fourth-order valence-corrected chi connectivity index (χ4v) is 9.07. The van der Waals surface area contributed by atoms with Crippen LogP contribution in [0, 0.1) is 6.92 Å². The summed E-state index contributed by atoms with van der Waals surface area (Å²) in [6, 6.07) is 27.9. The lowest BCUT2D eigenvalue weighted by Crippen LogP contribution is -2.49. The van der Waals surface area contributed by atoms with Crippen LogP contribution in [0.25, 0.3) is 11.0 Å². The fourth-order valence-electron chi connectivity index (χ4n) is 8.52. The van der Waals surface area contributed by atoms with E-state index in [4.69, 9.17) is 4.98 Å². The molecule has 1 amide bonds. The van der Waals surface area contributed by atoms with E-state index >= 15 is 0 Å². The summed E-state index contributed by atoms with van der Waals surface area (Å²) in [5, 5.41) is 0. The average Bonchev–Trinajstić information content (AvgIpc) is 3.49.